The Morgan fingerprint density at radius 1 is 1.08 bits per heavy atom. The van der Waals surface area contributed by atoms with Crippen molar-refractivity contribution in [1.29, 1.82) is 0 Å². The zero-order chi connectivity index (χ0) is 9.45. The third kappa shape index (κ3) is 9.88. The monoisotopic (exact) mass is 173 g/mol. The molecule has 4 N–H and O–H groups in total. The predicted molar refractivity (Wildman–Crippen MR) is 54.3 cm³/mol. The van der Waals surface area contributed by atoms with Crippen LogP contribution in [-0.2, 0) is 0 Å². The zero-order valence-electron chi connectivity index (χ0n) is 8.61. The fraction of sp³-hybridized carbons (Fsp3) is 1.00. The van der Waals surface area contributed by atoms with Crippen LogP contribution in [0.25, 0.3) is 0 Å². The molecule has 0 aliphatic carbocycles. The van der Waals surface area contributed by atoms with Crippen LogP contribution in [0.1, 0.15) is 27.2 Å². The van der Waals surface area contributed by atoms with E-state index in [1.807, 2.05) is 0 Å². The molecule has 0 saturated heterocycles. The Morgan fingerprint density at radius 3 is 2.25 bits per heavy atom. The zero-order valence-corrected chi connectivity index (χ0v) is 8.61. The van der Waals surface area contributed by atoms with Gasteiger partial charge in [-0.05, 0) is 40.3 Å². The van der Waals surface area contributed by atoms with Crippen LogP contribution in [0.15, 0.2) is 0 Å². The van der Waals surface area contributed by atoms with Gasteiger partial charge in [0.2, 0.25) is 0 Å². The van der Waals surface area contributed by atoms with Crippen molar-refractivity contribution in [2.75, 3.05) is 26.2 Å². The van der Waals surface area contributed by atoms with Crippen molar-refractivity contribution in [3.63, 3.8) is 0 Å². The van der Waals surface area contributed by atoms with Crippen LogP contribution in [0.3, 0.4) is 0 Å². The van der Waals surface area contributed by atoms with E-state index in [1.54, 1.807) is 0 Å². The lowest BCUT2D eigenvalue weighted by Gasteiger charge is -2.20. The SMILES string of the molecule is CC(C)(C)NCCCNCCN. The predicted octanol–water partition coefficient (Wildman–Crippen LogP) is 0.313. The fourth-order valence-electron chi connectivity index (χ4n) is 0.904. The Balaban J connectivity index is 3.01. The largest absolute Gasteiger partial charge is 0.329 e. The summed E-state index contributed by atoms with van der Waals surface area (Å²) in [6, 6.07) is 0. The molecule has 0 atom stereocenters. The van der Waals surface area contributed by atoms with Crippen LogP contribution in [0.2, 0.25) is 0 Å². The van der Waals surface area contributed by atoms with Crippen LogP contribution < -0.4 is 16.4 Å². The quantitative estimate of drug-likeness (QED) is 0.507. The summed E-state index contributed by atoms with van der Waals surface area (Å²) in [7, 11) is 0. The first kappa shape index (κ1) is 11.9. The molecular weight excluding hydrogens is 150 g/mol. The molecule has 3 heteroatoms. The molecule has 12 heavy (non-hydrogen) atoms. The van der Waals surface area contributed by atoms with Gasteiger partial charge in [0.15, 0.2) is 0 Å². The highest BCUT2D eigenvalue weighted by Crippen LogP contribution is 1.97. The van der Waals surface area contributed by atoms with Gasteiger partial charge >= 0.3 is 0 Å². The lowest BCUT2D eigenvalue weighted by Crippen LogP contribution is -2.37. The van der Waals surface area contributed by atoms with Gasteiger partial charge in [-0.15, -0.1) is 0 Å². The van der Waals surface area contributed by atoms with Crippen molar-refractivity contribution in [3.8, 4) is 0 Å². The molecule has 0 amide bonds. The molecule has 0 aromatic heterocycles. The fourth-order valence-corrected chi connectivity index (χ4v) is 0.904. The summed E-state index contributed by atoms with van der Waals surface area (Å²) < 4.78 is 0. The van der Waals surface area contributed by atoms with E-state index >= 15 is 0 Å². The molecule has 0 saturated carbocycles. The molecule has 0 aromatic carbocycles. The van der Waals surface area contributed by atoms with Gasteiger partial charge in [-0.3, -0.25) is 0 Å². The van der Waals surface area contributed by atoms with E-state index in [9.17, 15) is 0 Å². The Kier molecular flexibility index (Phi) is 6.34. The Bertz CT molecular complexity index is 96.4. The third-order valence-corrected chi connectivity index (χ3v) is 1.51. The van der Waals surface area contributed by atoms with Crippen LogP contribution in [0.5, 0.6) is 0 Å². The van der Waals surface area contributed by atoms with Crippen molar-refractivity contribution in [3.05, 3.63) is 0 Å². The van der Waals surface area contributed by atoms with Gasteiger partial charge in [0.05, 0.1) is 0 Å². The smallest absolute Gasteiger partial charge is 0.00965 e. The highest BCUT2D eigenvalue weighted by molar-refractivity contribution is 4.69. The summed E-state index contributed by atoms with van der Waals surface area (Å²) in [6.07, 6.45) is 1.16. The normalized spacial score (nSPS) is 12.0. The lowest BCUT2D eigenvalue weighted by molar-refractivity contribution is 0.419. The van der Waals surface area contributed by atoms with Gasteiger partial charge in [-0.25, -0.2) is 0 Å². The van der Waals surface area contributed by atoms with Crippen molar-refractivity contribution in [1.82, 2.24) is 10.6 Å². The number of nitrogens with one attached hydrogen (secondary N) is 2. The van der Waals surface area contributed by atoms with Crippen molar-refractivity contribution < 1.29 is 0 Å². The van der Waals surface area contributed by atoms with E-state index in [4.69, 9.17) is 5.73 Å². The minimum absolute atomic E-state index is 0.244. The third-order valence-electron chi connectivity index (χ3n) is 1.51. The molecule has 0 aliphatic heterocycles. The standard InChI is InChI=1S/C9H23N3/c1-9(2,3)12-7-4-6-11-8-5-10/h11-12H,4-8,10H2,1-3H3. The molecule has 0 rings (SSSR count). The molecule has 3 nitrogen and oxygen atoms in total. The van der Waals surface area contributed by atoms with Gasteiger partial charge in [0, 0.05) is 18.6 Å². The summed E-state index contributed by atoms with van der Waals surface area (Å²) in [4.78, 5) is 0. The summed E-state index contributed by atoms with van der Waals surface area (Å²) in [5.74, 6) is 0. The molecule has 0 aliphatic rings. The van der Waals surface area contributed by atoms with E-state index in [2.05, 4.69) is 31.4 Å². The second-order valence-corrected chi connectivity index (χ2v) is 4.07. The number of nitrogens with two attached hydrogens (primary N) is 1. The Hall–Kier alpha value is -0.120. The molecular formula is C9H23N3. The number of hydrogen-bond donors (Lipinski definition) is 3. The van der Waals surface area contributed by atoms with Gasteiger partial charge in [-0.2, -0.15) is 0 Å². The second kappa shape index (κ2) is 6.40. The minimum Gasteiger partial charge on any atom is -0.329 e. The van der Waals surface area contributed by atoms with E-state index in [-0.39, 0.29) is 5.54 Å². The van der Waals surface area contributed by atoms with E-state index < -0.39 is 0 Å². The van der Waals surface area contributed by atoms with Crippen molar-refractivity contribution in [2.45, 2.75) is 32.7 Å². The van der Waals surface area contributed by atoms with E-state index in [1.165, 1.54) is 0 Å². The highest BCUT2D eigenvalue weighted by atomic mass is 14.9. The topological polar surface area (TPSA) is 50.1 Å². The molecule has 0 unspecified atom stereocenters. The lowest BCUT2D eigenvalue weighted by atomic mass is 10.1. The average Bonchev–Trinajstić information content (AvgIpc) is 1.94. The van der Waals surface area contributed by atoms with E-state index in [0.29, 0.717) is 0 Å². The molecule has 0 heterocycles. The highest BCUT2D eigenvalue weighted by Gasteiger charge is 2.06. The maximum absolute atomic E-state index is 5.33. The van der Waals surface area contributed by atoms with Crippen LogP contribution >= 0.6 is 0 Å². The molecule has 0 bridgehead atoms. The second-order valence-electron chi connectivity index (χ2n) is 4.07. The minimum atomic E-state index is 0.244. The molecule has 0 fully saturated rings. The first-order chi connectivity index (χ1) is 5.56. The Morgan fingerprint density at radius 2 is 1.75 bits per heavy atom. The van der Waals surface area contributed by atoms with Crippen LogP contribution in [0, 0.1) is 0 Å². The Labute approximate surface area is 76.1 Å². The van der Waals surface area contributed by atoms with Gasteiger partial charge in [0.1, 0.15) is 0 Å². The van der Waals surface area contributed by atoms with E-state index in [0.717, 1.165) is 32.6 Å². The molecule has 74 valence electrons. The van der Waals surface area contributed by atoms with Gasteiger partial charge < -0.3 is 16.4 Å². The van der Waals surface area contributed by atoms with Gasteiger partial charge in [0.25, 0.3) is 0 Å². The summed E-state index contributed by atoms with van der Waals surface area (Å²) >= 11 is 0. The summed E-state index contributed by atoms with van der Waals surface area (Å²) in [6.45, 7) is 10.3. The molecule has 0 aromatic rings. The van der Waals surface area contributed by atoms with Crippen molar-refractivity contribution in [2.24, 2.45) is 5.73 Å². The summed E-state index contributed by atoms with van der Waals surface area (Å²) in [5.41, 5.74) is 5.58. The van der Waals surface area contributed by atoms with Crippen LogP contribution in [-0.4, -0.2) is 31.7 Å². The van der Waals surface area contributed by atoms with Crippen LogP contribution in [0.4, 0.5) is 0 Å². The maximum atomic E-state index is 5.33. The maximum Gasteiger partial charge on any atom is 0.00965 e. The number of rotatable bonds is 6. The molecule has 0 radical (unpaired) electrons. The average molecular weight is 173 g/mol. The first-order valence-corrected chi connectivity index (χ1v) is 4.72. The molecule has 0 spiro atoms. The number of hydrogen-bond acceptors (Lipinski definition) is 3. The van der Waals surface area contributed by atoms with Gasteiger partial charge in [-0.1, -0.05) is 0 Å². The summed E-state index contributed by atoms with van der Waals surface area (Å²) in [5, 5.41) is 6.68. The first-order valence-electron chi connectivity index (χ1n) is 4.72. The van der Waals surface area contributed by atoms with Crippen molar-refractivity contribution >= 4 is 0 Å².